The molecule has 0 saturated heterocycles. The molecule has 1 aromatic heterocycles. The second-order valence-electron chi connectivity index (χ2n) is 4.10. The van der Waals surface area contributed by atoms with Crippen molar-refractivity contribution in [3.05, 3.63) is 42.1 Å². The summed E-state index contributed by atoms with van der Waals surface area (Å²) in [7, 11) is 1.28. The number of aromatic nitrogens is 1. The van der Waals surface area contributed by atoms with E-state index in [1.807, 2.05) is 12.1 Å². The number of para-hydroxylation sites is 1. The molecular formula is C14H14N2O3. The van der Waals surface area contributed by atoms with Gasteiger partial charge < -0.3 is 10.1 Å². The van der Waals surface area contributed by atoms with Gasteiger partial charge in [-0.3, -0.25) is 9.78 Å². The molecule has 1 N–H and O–H groups in total. The number of carbonyl (C=O) groups excluding carboxylic acids is 2. The highest BCUT2D eigenvalue weighted by Crippen LogP contribution is 2.15. The van der Waals surface area contributed by atoms with E-state index in [1.54, 1.807) is 31.3 Å². The fourth-order valence-electron chi connectivity index (χ4n) is 1.80. The first-order valence-electron chi connectivity index (χ1n) is 5.86. The number of carbonyl (C=O) groups is 2. The van der Waals surface area contributed by atoms with Crippen LogP contribution >= 0.6 is 0 Å². The molecule has 1 atom stereocenters. The Labute approximate surface area is 110 Å². The first-order chi connectivity index (χ1) is 9.13. The normalized spacial score (nSPS) is 11.9. The number of pyridine rings is 1. The summed E-state index contributed by atoms with van der Waals surface area (Å²) in [5.41, 5.74) is 1.05. The SMILES string of the molecule is COC(=O)[C@H](C)NC(=O)c1cccc2cccnc12. The Bertz CT molecular complexity index is 620. The maximum absolute atomic E-state index is 12.1. The second-order valence-corrected chi connectivity index (χ2v) is 4.10. The van der Waals surface area contributed by atoms with Crippen molar-refractivity contribution in [2.75, 3.05) is 7.11 Å². The highest BCUT2D eigenvalue weighted by molar-refractivity contribution is 6.06. The zero-order valence-corrected chi connectivity index (χ0v) is 10.7. The number of benzene rings is 1. The van der Waals surface area contributed by atoms with Crippen LogP contribution in [0.4, 0.5) is 0 Å². The van der Waals surface area contributed by atoms with E-state index < -0.39 is 12.0 Å². The van der Waals surface area contributed by atoms with Crippen molar-refractivity contribution in [3.63, 3.8) is 0 Å². The Morgan fingerprint density at radius 1 is 1.26 bits per heavy atom. The zero-order chi connectivity index (χ0) is 13.8. The van der Waals surface area contributed by atoms with Gasteiger partial charge in [0.2, 0.25) is 0 Å². The van der Waals surface area contributed by atoms with Crippen LogP contribution in [0, 0.1) is 0 Å². The van der Waals surface area contributed by atoms with Gasteiger partial charge in [-0.1, -0.05) is 18.2 Å². The van der Waals surface area contributed by atoms with Crippen LogP contribution in [-0.4, -0.2) is 30.0 Å². The van der Waals surface area contributed by atoms with Crippen molar-refractivity contribution in [1.29, 1.82) is 0 Å². The van der Waals surface area contributed by atoms with Gasteiger partial charge in [0.25, 0.3) is 5.91 Å². The summed E-state index contributed by atoms with van der Waals surface area (Å²) in [6, 6.07) is 8.32. The molecule has 0 aliphatic carbocycles. The first-order valence-corrected chi connectivity index (χ1v) is 5.86. The van der Waals surface area contributed by atoms with E-state index in [0.717, 1.165) is 5.39 Å². The number of hydrogen-bond acceptors (Lipinski definition) is 4. The quantitative estimate of drug-likeness (QED) is 0.848. The van der Waals surface area contributed by atoms with E-state index in [9.17, 15) is 9.59 Å². The van der Waals surface area contributed by atoms with Crippen molar-refractivity contribution in [3.8, 4) is 0 Å². The average Bonchev–Trinajstić information content (AvgIpc) is 2.45. The van der Waals surface area contributed by atoms with Crippen LogP contribution in [0.1, 0.15) is 17.3 Å². The van der Waals surface area contributed by atoms with Crippen LogP contribution in [0.3, 0.4) is 0 Å². The molecule has 98 valence electrons. The first kappa shape index (κ1) is 13.0. The van der Waals surface area contributed by atoms with Crippen molar-refractivity contribution in [2.45, 2.75) is 13.0 Å². The molecule has 5 heteroatoms. The minimum absolute atomic E-state index is 0.345. The lowest BCUT2D eigenvalue weighted by Gasteiger charge is -2.12. The van der Waals surface area contributed by atoms with Crippen molar-refractivity contribution < 1.29 is 14.3 Å². The van der Waals surface area contributed by atoms with Crippen LogP contribution in [-0.2, 0) is 9.53 Å². The van der Waals surface area contributed by atoms with Crippen molar-refractivity contribution >= 4 is 22.8 Å². The number of fused-ring (bicyclic) bond motifs is 1. The number of nitrogens with one attached hydrogen (secondary N) is 1. The molecule has 2 rings (SSSR count). The van der Waals surface area contributed by atoms with Gasteiger partial charge in [-0.25, -0.2) is 4.79 Å². The van der Waals surface area contributed by atoms with Crippen molar-refractivity contribution in [1.82, 2.24) is 10.3 Å². The Balaban J connectivity index is 2.29. The fraction of sp³-hybridized carbons (Fsp3) is 0.214. The fourth-order valence-corrected chi connectivity index (χ4v) is 1.80. The van der Waals surface area contributed by atoms with Gasteiger partial charge in [0.1, 0.15) is 6.04 Å². The number of nitrogens with zero attached hydrogens (tertiary/aromatic N) is 1. The van der Waals surface area contributed by atoms with Gasteiger partial charge in [0.15, 0.2) is 0 Å². The van der Waals surface area contributed by atoms with Crippen LogP contribution < -0.4 is 5.32 Å². The van der Waals surface area contributed by atoms with Gasteiger partial charge in [0.05, 0.1) is 18.2 Å². The molecule has 0 spiro atoms. The number of rotatable bonds is 3. The predicted molar refractivity (Wildman–Crippen MR) is 70.7 cm³/mol. The van der Waals surface area contributed by atoms with Crippen LogP contribution in [0.25, 0.3) is 10.9 Å². The molecular weight excluding hydrogens is 244 g/mol. The van der Waals surface area contributed by atoms with Crippen LogP contribution in [0.2, 0.25) is 0 Å². The molecule has 0 aliphatic rings. The molecule has 0 bridgehead atoms. The summed E-state index contributed by atoms with van der Waals surface area (Å²) in [5, 5.41) is 3.46. The third kappa shape index (κ3) is 2.70. The maximum atomic E-state index is 12.1. The van der Waals surface area contributed by atoms with E-state index in [1.165, 1.54) is 7.11 Å². The van der Waals surface area contributed by atoms with Gasteiger partial charge in [-0.05, 0) is 19.1 Å². The van der Waals surface area contributed by atoms with Gasteiger partial charge >= 0.3 is 5.97 Å². The Kier molecular flexibility index (Phi) is 3.75. The van der Waals surface area contributed by atoms with Gasteiger partial charge in [0, 0.05) is 11.6 Å². The third-order valence-electron chi connectivity index (χ3n) is 2.78. The molecule has 0 saturated carbocycles. The Morgan fingerprint density at radius 3 is 2.74 bits per heavy atom. The molecule has 1 heterocycles. The van der Waals surface area contributed by atoms with E-state index in [4.69, 9.17) is 0 Å². The van der Waals surface area contributed by atoms with E-state index in [2.05, 4.69) is 15.0 Å². The standard InChI is InChI=1S/C14H14N2O3/c1-9(14(18)19-2)16-13(17)11-7-3-5-10-6-4-8-15-12(10)11/h3-9H,1-2H3,(H,16,17)/t9-/m0/s1. The molecule has 0 fully saturated rings. The topological polar surface area (TPSA) is 68.3 Å². The molecule has 1 aromatic carbocycles. The predicted octanol–water partition coefficient (Wildman–Crippen LogP) is 1.53. The number of amides is 1. The van der Waals surface area contributed by atoms with Gasteiger partial charge in [-0.15, -0.1) is 0 Å². The smallest absolute Gasteiger partial charge is 0.328 e. The molecule has 2 aromatic rings. The molecule has 1 amide bonds. The molecule has 5 nitrogen and oxygen atoms in total. The lowest BCUT2D eigenvalue weighted by Crippen LogP contribution is -2.39. The number of esters is 1. The zero-order valence-electron chi connectivity index (χ0n) is 10.7. The summed E-state index contributed by atoms with van der Waals surface area (Å²) in [4.78, 5) is 27.6. The number of methoxy groups -OCH3 is 1. The summed E-state index contributed by atoms with van der Waals surface area (Å²) < 4.78 is 4.57. The molecule has 0 unspecified atom stereocenters. The van der Waals surface area contributed by atoms with Gasteiger partial charge in [-0.2, -0.15) is 0 Å². The third-order valence-corrected chi connectivity index (χ3v) is 2.78. The summed E-state index contributed by atoms with van der Waals surface area (Å²) in [6.07, 6.45) is 1.63. The van der Waals surface area contributed by atoms with E-state index in [0.29, 0.717) is 11.1 Å². The van der Waals surface area contributed by atoms with Crippen LogP contribution in [0.15, 0.2) is 36.5 Å². The number of hydrogen-bond donors (Lipinski definition) is 1. The summed E-state index contributed by atoms with van der Waals surface area (Å²) in [5.74, 6) is -0.830. The highest BCUT2D eigenvalue weighted by atomic mass is 16.5. The maximum Gasteiger partial charge on any atom is 0.328 e. The van der Waals surface area contributed by atoms with Crippen molar-refractivity contribution in [2.24, 2.45) is 0 Å². The molecule has 0 aliphatic heterocycles. The van der Waals surface area contributed by atoms with Crippen LogP contribution in [0.5, 0.6) is 0 Å². The summed E-state index contributed by atoms with van der Waals surface area (Å²) >= 11 is 0. The minimum atomic E-state index is -0.698. The Hall–Kier alpha value is -2.43. The average molecular weight is 258 g/mol. The number of ether oxygens (including phenoxy) is 1. The summed E-state index contributed by atoms with van der Waals surface area (Å²) in [6.45, 7) is 1.57. The Morgan fingerprint density at radius 2 is 2.00 bits per heavy atom. The molecule has 0 radical (unpaired) electrons. The minimum Gasteiger partial charge on any atom is -0.467 e. The largest absolute Gasteiger partial charge is 0.467 e. The van der Waals surface area contributed by atoms with E-state index >= 15 is 0 Å². The highest BCUT2D eigenvalue weighted by Gasteiger charge is 2.18. The second kappa shape index (κ2) is 5.48. The lowest BCUT2D eigenvalue weighted by molar-refractivity contribution is -0.142. The monoisotopic (exact) mass is 258 g/mol. The lowest BCUT2D eigenvalue weighted by atomic mass is 10.1. The molecule has 19 heavy (non-hydrogen) atoms. The van der Waals surface area contributed by atoms with E-state index in [-0.39, 0.29) is 5.91 Å².